The van der Waals surface area contributed by atoms with Gasteiger partial charge in [0.2, 0.25) is 0 Å². The molecule has 1 amide bonds. The van der Waals surface area contributed by atoms with E-state index in [1.165, 1.54) is 0 Å². The summed E-state index contributed by atoms with van der Waals surface area (Å²) in [5.41, 5.74) is 2.46. The first-order chi connectivity index (χ1) is 11.5. The lowest BCUT2D eigenvalue weighted by atomic mass is 10.1. The van der Waals surface area contributed by atoms with Gasteiger partial charge in [-0.1, -0.05) is 42.8 Å². The number of carbonyl (C=O) groups is 2. The lowest BCUT2D eigenvalue weighted by molar-refractivity contribution is -0.124. The standard InChI is InChI=1S/C19H20ClNO3/c1-3-14-7-9-15(10-8-14)19(23)24-12-18(22)21-13(2)16-5-4-6-17(20)11-16/h4-11,13H,3,12H2,1-2H3,(H,21,22)/t13-/m1/s1. The fourth-order valence-corrected chi connectivity index (χ4v) is 2.43. The zero-order chi connectivity index (χ0) is 17.5. The predicted octanol–water partition coefficient (Wildman–Crippen LogP) is 3.94. The molecule has 4 nitrogen and oxygen atoms in total. The van der Waals surface area contributed by atoms with Crippen LogP contribution in [0.15, 0.2) is 48.5 Å². The van der Waals surface area contributed by atoms with E-state index < -0.39 is 5.97 Å². The Hall–Kier alpha value is -2.33. The molecular weight excluding hydrogens is 326 g/mol. The van der Waals surface area contributed by atoms with Crippen LogP contribution in [-0.4, -0.2) is 18.5 Å². The van der Waals surface area contributed by atoms with Crippen molar-refractivity contribution < 1.29 is 14.3 Å². The van der Waals surface area contributed by atoms with E-state index in [2.05, 4.69) is 5.32 Å². The first-order valence-corrected chi connectivity index (χ1v) is 8.18. The van der Waals surface area contributed by atoms with E-state index in [0.29, 0.717) is 10.6 Å². The monoisotopic (exact) mass is 345 g/mol. The summed E-state index contributed by atoms with van der Waals surface area (Å²) >= 11 is 5.94. The number of hydrogen-bond acceptors (Lipinski definition) is 3. The number of amides is 1. The average molecular weight is 346 g/mol. The Morgan fingerprint density at radius 1 is 1.17 bits per heavy atom. The van der Waals surface area contributed by atoms with E-state index in [9.17, 15) is 9.59 Å². The molecule has 24 heavy (non-hydrogen) atoms. The largest absolute Gasteiger partial charge is 0.452 e. The van der Waals surface area contributed by atoms with Gasteiger partial charge in [-0.15, -0.1) is 0 Å². The van der Waals surface area contributed by atoms with E-state index >= 15 is 0 Å². The highest BCUT2D eigenvalue weighted by atomic mass is 35.5. The van der Waals surface area contributed by atoms with Crippen LogP contribution in [0.2, 0.25) is 5.02 Å². The quantitative estimate of drug-likeness (QED) is 0.807. The molecule has 2 aromatic rings. The molecule has 0 aliphatic carbocycles. The topological polar surface area (TPSA) is 55.4 Å². The fraction of sp³-hybridized carbons (Fsp3) is 0.263. The summed E-state index contributed by atoms with van der Waals surface area (Å²) in [4.78, 5) is 23.9. The SMILES string of the molecule is CCc1ccc(C(=O)OCC(=O)N[C@H](C)c2cccc(Cl)c2)cc1. The molecule has 0 unspecified atom stereocenters. The van der Waals surface area contributed by atoms with E-state index in [1.54, 1.807) is 24.3 Å². The molecular formula is C19H20ClNO3. The number of hydrogen-bond donors (Lipinski definition) is 1. The van der Waals surface area contributed by atoms with Crippen molar-refractivity contribution in [1.29, 1.82) is 0 Å². The summed E-state index contributed by atoms with van der Waals surface area (Å²) in [7, 11) is 0. The van der Waals surface area contributed by atoms with Crippen molar-refractivity contribution in [3.05, 3.63) is 70.2 Å². The molecule has 0 fully saturated rings. The van der Waals surface area contributed by atoms with Gasteiger partial charge in [-0.05, 0) is 48.7 Å². The third-order valence-electron chi connectivity index (χ3n) is 3.66. The van der Waals surface area contributed by atoms with Crippen molar-refractivity contribution in [2.24, 2.45) is 0 Å². The third-order valence-corrected chi connectivity index (χ3v) is 3.89. The second-order valence-corrected chi connectivity index (χ2v) is 5.91. The summed E-state index contributed by atoms with van der Waals surface area (Å²) in [5, 5.41) is 3.38. The second kappa shape index (κ2) is 8.50. The molecule has 0 aromatic heterocycles. The molecule has 0 saturated carbocycles. The van der Waals surface area contributed by atoms with Crippen LogP contribution >= 0.6 is 11.6 Å². The van der Waals surface area contributed by atoms with Gasteiger partial charge in [-0.2, -0.15) is 0 Å². The number of rotatable bonds is 6. The van der Waals surface area contributed by atoms with Crippen molar-refractivity contribution in [3.63, 3.8) is 0 Å². The Morgan fingerprint density at radius 3 is 2.50 bits per heavy atom. The number of halogens is 1. The highest BCUT2D eigenvalue weighted by Gasteiger charge is 2.13. The van der Waals surface area contributed by atoms with Gasteiger partial charge >= 0.3 is 5.97 Å². The van der Waals surface area contributed by atoms with Crippen LogP contribution < -0.4 is 5.32 Å². The molecule has 1 N–H and O–H groups in total. The first-order valence-electron chi connectivity index (χ1n) is 7.80. The Balaban J connectivity index is 1.84. The summed E-state index contributed by atoms with van der Waals surface area (Å²) in [5.74, 6) is -0.871. The maximum Gasteiger partial charge on any atom is 0.338 e. The Labute approximate surface area is 146 Å². The molecule has 0 aliphatic heterocycles. The maximum atomic E-state index is 11.9. The van der Waals surface area contributed by atoms with Gasteiger partial charge < -0.3 is 10.1 Å². The summed E-state index contributed by atoms with van der Waals surface area (Å²) in [6, 6.07) is 14.2. The molecule has 1 atom stereocenters. The van der Waals surface area contributed by atoms with Gasteiger partial charge in [-0.25, -0.2) is 4.79 Å². The van der Waals surface area contributed by atoms with Crippen LogP contribution in [0.4, 0.5) is 0 Å². The third kappa shape index (κ3) is 5.10. The van der Waals surface area contributed by atoms with Gasteiger partial charge in [0, 0.05) is 5.02 Å². The van der Waals surface area contributed by atoms with Crippen LogP contribution in [0.25, 0.3) is 0 Å². The molecule has 0 spiro atoms. The first kappa shape index (κ1) is 18.0. The number of benzene rings is 2. The smallest absolute Gasteiger partial charge is 0.338 e. The highest BCUT2D eigenvalue weighted by molar-refractivity contribution is 6.30. The molecule has 126 valence electrons. The molecule has 2 aromatic carbocycles. The zero-order valence-corrected chi connectivity index (χ0v) is 14.5. The van der Waals surface area contributed by atoms with Crippen molar-refractivity contribution in [2.45, 2.75) is 26.3 Å². The van der Waals surface area contributed by atoms with E-state index in [1.807, 2.05) is 38.1 Å². The van der Waals surface area contributed by atoms with Crippen molar-refractivity contribution >= 4 is 23.5 Å². The summed E-state index contributed by atoms with van der Waals surface area (Å²) in [6.07, 6.45) is 0.902. The average Bonchev–Trinajstić information content (AvgIpc) is 2.59. The van der Waals surface area contributed by atoms with Crippen LogP contribution in [0.5, 0.6) is 0 Å². The van der Waals surface area contributed by atoms with E-state index in [-0.39, 0.29) is 18.6 Å². The fourth-order valence-electron chi connectivity index (χ4n) is 2.23. The van der Waals surface area contributed by atoms with Crippen LogP contribution in [0.3, 0.4) is 0 Å². The molecule has 5 heteroatoms. The van der Waals surface area contributed by atoms with Gasteiger partial charge in [-0.3, -0.25) is 4.79 Å². The minimum absolute atomic E-state index is 0.223. The Bertz CT molecular complexity index is 713. The number of aryl methyl sites for hydroxylation is 1. The van der Waals surface area contributed by atoms with E-state index in [4.69, 9.17) is 16.3 Å². The van der Waals surface area contributed by atoms with Gasteiger partial charge in [0.1, 0.15) is 0 Å². The second-order valence-electron chi connectivity index (χ2n) is 5.47. The van der Waals surface area contributed by atoms with Crippen molar-refractivity contribution in [2.75, 3.05) is 6.61 Å². The summed E-state index contributed by atoms with van der Waals surface area (Å²) < 4.78 is 5.05. The van der Waals surface area contributed by atoms with Gasteiger partial charge in [0.15, 0.2) is 6.61 Å². The molecule has 0 aliphatic rings. The number of ether oxygens (including phenoxy) is 1. The molecule has 0 heterocycles. The van der Waals surface area contributed by atoms with Crippen molar-refractivity contribution in [1.82, 2.24) is 5.32 Å². The van der Waals surface area contributed by atoms with Crippen LogP contribution in [0.1, 0.15) is 41.4 Å². The maximum absolute atomic E-state index is 11.9. The lowest BCUT2D eigenvalue weighted by Gasteiger charge is -2.14. The van der Waals surface area contributed by atoms with Crippen LogP contribution in [-0.2, 0) is 16.0 Å². The van der Waals surface area contributed by atoms with Gasteiger partial charge in [0.05, 0.1) is 11.6 Å². The normalized spacial score (nSPS) is 11.6. The number of nitrogens with one attached hydrogen (secondary N) is 1. The zero-order valence-electron chi connectivity index (χ0n) is 13.7. The Kier molecular flexibility index (Phi) is 6.38. The molecule has 0 saturated heterocycles. The molecule has 2 rings (SSSR count). The minimum atomic E-state index is -0.511. The predicted molar refractivity (Wildman–Crippen MR) is 94.1 cm³/mol. The van der Waals surface area contributed by atoms with Gasteiger partial charge in [0.25, 0.3) is 5.91 Å². The van der Waals surface area contributed by atoms with Crippen molar-refractivity contribution in [3.8, 4) is 0 Å². The number of esters is 1. The molecule has 0 radical (unpaired) electrons. The van der Waals surface area contributed by atoms with E-state index in [0.717, 1.165) is 17.5 Å². The lowest BCUT2D eigenvalue weighted by Crippen LogP contribution is -2.31. The van der Waals surface area contributed by atoms with Crippen LogP contribution in [0, 0.1) is 0 Å². The Morgan fingerprint density at radius 2 is 1.88 bits per heavy atom. The molecule has 0 bridgehead atoms. The number of carbonyl (C=O) groups excluding carboxylic acids is 2. The minimum Gasteiger partial charge on any atom is -0.452 e. The summed E-state index contributed by atoms with van der Waals surface area (Å²) in [6.45, 7) is 3.56. The highest BCUT2D eigenvalue weighted by Crippen LogP contribution is 2.17.